The van der Waals surface area contributed by atoms with Crippen molar-refractivity contribution in [2.24, 2.45) is 5.92 Å². The molecule has 0 fully saturated rings. The zero-order valence-corrected chi connectivity index (χ0v) is 11.5. The molecule has 0 bridgehead atoms. The minimum absolute atomic E-state index is 0.360. The third-order valence-corrected chi connectivity index (χ3v) is 2.37. The van der Waals surface area contributed by atoms with E-state index in [2.05, 4.69) is 48.3 Å². The standard InChI is InChI=1S/C13H24N4/c1-9(2)6-14-7-12-8-15-13(16-10(3)4)17-11(12)5/h8-10,14H,6-7H2,1-5H3,(H,15,16,17). The van der Waals surface area contributed by atoms with Crippen molar-refractivity contribution < 1.29 is 0 Å². The van der Waals surface area contributed by atoms with Crippen LogP contribution >= 0.6 is 0 Å². The number of hydrogen-bond donors (Lipinski definition) is 2. The van der Waals surface area contributed by atoms with E-state index in [-0.39, 0.29) is 0 Å². The maximum absolute atomic E-state index is 4.45. The molecule has 0 saturated heterocycles. The molecule has 4 nitrogen and oxygen atoms in total. The van der Waals surface area contributed by atoms with Gasteiger partial charge < -0.3 is 10.6 Å². The fourth-order valence-corrected chi connectivity index (χ4v) is 1.49. The van der Waals surface area contributed by atoms with Gasteiger partial charge in [-0.1, -0.05) is 13.8 Å². The lowest BCUT2D eigenvalue weighted by Crippen LogP contribution is -2.20. The van der Waals surface area contributed by atoms with Crippen molar-refractivity contribution in [2.45, 2.75) is 47.2 Å². The van der Waals surface area contributed by atoms with E-state index in [1.54, 1.807) is 0 Å². The molecule has 0 amide bonds. The van der Waals surface area contributed by atoms with Gasteiger partial charge in [-0.15, -0.1) is 0 Å². The van der Waals surface area contributed by atoms with Crippen LogP contribution in [0, 0.1) is 12.8 Å². The second-order valence-corrected chi connectivity index (χ2v) is 5.13. The van der Waals surface area contributed by atoms with Gasteiger partial charge in [-0.2, -0.15) is 0 Å². The van der Waals surface area contributed by atoms with Crippen molar-refractivity contribution in [2.75, 3.05) is 11.9 Å². The summed E-state index contributed by atoms with van der Waals surface area (Å²) in [4.78, 5) is 8.76. The molecular formula is C13H24N4. The van der Waals surface area contributed by atoms with Gasteiger partial charge in [0.15, 0.2) is 0 Å². The van der Waals surface area contributed by atoms with Gasteiger partial charge in [-0.05, 0) is 33.2 Å². The summed E-state index contributed by atoms with van der Waals surface area (Å²) in [7, 11) is 0. The molecule has 0 aromatic carbocycles. The van der Waals surface area contributed by atoms with Crippen molar-refractivity contribution in [3.8, 4) is 0 Å². The third kappa shape index (κ3) is 5.13. The number of aromatic nitrogens is 2. The molecule has 2 N–H and O–H groups in total. The van der Waals surface area contributed by atoms with Crippen molar-refractivity contribution in [1.82, 2.24) is 15.3 Å². The maximum atomic E-state index is 4.45. The molecule has 0 atom stereocenters. The Morgan fingerprint density at radius 2 is 1.94 bits per heavy atom. The lowest BCUT2D eigenvalue weighted by atomic mass is 10.2. The zero-order valence-electron chi connectivity index (χ0n) is 11.5. The minimum atomic E-state index is 0.360. The summed E-state index contributed by atoms with van der Waals surface area (Å²) in [6, 6.07) is 0.360. The summed E-state index contributed by atoms with van der Waals surface area (Å²) >= 11 is 0. The van der Waals surface area contributed by atoms with Gasteiger partial charge in [-0.3, -0.25) is 0 Å². The highest BCUT2D eigenvalue weighted by molar-refractivity contribution is 5.29. The van der Waals surface area contributed by atoms with Crippen LogP contribution in [-0.4, -0.2) is 22.6 Å². The van der Waals surface area contributed by atoms with Crippen molar-refractivity contribution in [1.29, 1.82) is 0 Å². The Hall–Kier alpha value is -1.16. The molecule has 0 radical (unpaired) electrons. The van der Waals surface area contributed by atoms with E-state index in [0.29, 0.717) is 17.9 Å². The molecule has 4 heteroatoms. The van der Waals surface area contributed by atoms with Gasteiger partial charge in [0.05, 0.1) is 0 Å². The number of aryl methyl sites for hydroxylation is 1. The molecule has 17 heavy (non-hydrogen) atoms. The molecule has 0 spiro atoms. The topological polar surface area (TPSA) is 49.8 Å². The van der Waals surface area contributed by atoms with Crippen LogP contribution in [0.2, 0.25) is 0 Å². The third-order valence-electron chi connectivity index (χ3n) is 2.37. The Balaban J connectivity index is 2.57. The van der Waals surface area contributed by atoms with Gasteiger partial charge in [0.1, 0.15) is 0 Å². The van der Waals surface area contributed by atoms with Crippen LogP contribution in [0.15, 0.2) is 6.20 Å². The number of hydrogen-bond acceptors (Lipinski definition) is 4. The highest BCUT2D eigenvalue weighted by Gasteiger charge is 2.04. The summed E-state index contributed by atoms with van der Waals surface area (Å²) < 4.78 is 0. The van der Waals surface area contributed by atoms with Crippen LogP contribution in [0.1, 0.15) is 39.0 Å². The molecule has 0 aliphatic heterocycles. The summed E-state index contributed by atoms with van der Waals surface area (Å²) in [5, 5.41) is 6.61. The number of nitrogens with zero attached hydrogens (tertiary/aromatic N) is 2. The smallest absolute Gasteiger partial charge is 0.223 e. The van der Waals surface area contributed by atoms with Crippen LogP contribution in [0.4, 0.5) is 5.95 Å². The number of anilines is 1. The number of rotatable bonds is 6. The van der Waals surface area contributed by atoms with Crippen LogP contribution < -0.4 is 10.6 Å². The monoisotopic (exact) mass is 236 g/mol. The predicted molar refractivity (Wildman–Crippen MR) is 72.1 cm³/mol. The molecule has 0 saturated carbocycles. The molecule has 0 aliphatic rings. The molecule has 0 unspecified atom stereocenters. The first kappa shape index (κ1) is 13.9. The van der Waals surface area contributed by atoms with E-state index in [0.717, 1.165) is 18.8 Å². The van der Waals surface area contributed by atoms with E-state index in [1.807, 2.05) is 13.1 Å². The zero-order chi connectivity index (χ0) is 12.8. The summed E-state index contributed by atoms with van der Waals surface area (Å²) in [5.74, 6) is 1.38. The SMILES string of the molecule is Cc1nc(NC(C)C)ncc1CNCC(C)C. The summed E-state index contributed by atoms with van der Waals surface area (Å²) in [6.45, 7) is 12.4. The molecule has 1 aromatic rings. The van der Waals surface area contributed by atoms with Crippen LogP contribution in [0.3, 0.4) is 0 Å². The molecule has 1 rings (SSSR count). The van der Waals surface area contributed by atoms with Gasteiger partial charge in [0.2, 0.25) is 5.95 Å². The Morgan fingerprint density at radius 1 is 1.24 bits per heavy atom. The molecule has 1 heterocycles. The molecule has 1 aromatic heterocycles. The molecule has 0 aliphatic carbocycles. The van der Waals surface area contributed by atoms with E-state index in [4.69, 9.17) is 0 Å². The van der Waals surface area contributed by atoms with Gasteiger partial charge in [0, 0.05) is 30.0 Å². The van der Waals surface area contributed by atoms with Crippen molar-refractivity contribution in [3.63, 3.8) is 0 Å². The van der Waals surface area contributed by atoms with Crippen molar-refractivity contribution >= 4 is 5.95 Å². The highest BCUT2D eigenvalue weighted by Crippen LogP contribution is 2.07. The van der Waals surface area contributed by atoms with Gasteiger partial charge in [0.25, 0.3) is 0 Å². The first-order chi connectivity index (χ1) is 7.99. The first-order valence-electron chi connectivity index (χ1n) is 6.28. The van der Waals surface area contributed by atoms with Gasteiger partial charge >= 0.3 is 0 Å². The lowest BCUT2D eigenvalue weighted by molar-refractivity contribution is 0.550. The van der Waals surface area contributed by atoms with E-state index < -0.39 is 0 Å². The van der Waals surface area contributed by atoms with E-state index in [1.165, 1.54) is 5.56 Å². The fourth-order valence-electron chi connectivity index (χ4n) is 1.49. The van der Waals surface area contributed by atoms with Crippen molar-refractivity contribution in [3.05, 3.63) is 17.5 Å². The summed E-state index contributed by atoms with van der Waals surface area (Å²) in [6.07, 6.45) is 1.90. The maximum Gasteiger partial charge on any atom is 0.223 e. The van der Waals surface area contributed by atoms with Crippen LogP contribution in [0.25, 0.3) is 0 Å². The average Bonchev–Trinajstić information content (AvgIpc) is 2.20. The minimum Gasteiger partial charge on any atom is -0.352 e. The Labute approximate surface area is 104 Å². The van der Waals surface area contributed by atoms with Crippen LogP contribution in [0.5, 0.6) is 0 Å². The fraction of sp³-hybridized carbons (Fsp3) is 0.692. The van der Waals surface area contributed by atoms with E-state index in [9.17, 15) is 0 Å². The van der Waals surface area contributed by atoms with Crippen LogP contribution in [-0.2, 0) is 6.54 Å². The first-order valence-corrected chi connectivity index (χ1v) is 6.28. The molecular weight excluding hydrogens is 212 g/mol. The largest absolute Gasteiger partial charge is 0.352 e. The van der Waals surface area contributed by atoms with Gasteiger partial charge in [-0.25, -0.2) is 9.97 Å². The lowest BCUT2D eigenvalue weighted by Gasteiger charge is -2.12. The molecule has 96 valence electrons. The Morgan fingerprint density at radius 3 is 2.47 bits per heavy atom. The summed E-state index contributed by atoms with van der Waals surface area (Å²) in [5.41, 5.74) is 2.21. The normalized spacial score (nSPS) is 11.2. The highest BCUT2D eigenvalue weighted by atomic mass is 15.1. The quantitative estimate of drug-likeness (QED) is 0.796. The Kier molecular flexibility index (Phi) is 5.35. The average molecular weight is 236 g/mol. The Bertz CT molecular complexity index is 347. The number of nitrogens with one attached hydrogen (secondary N) is 2. The second-order valence-electron chi connectivity index (χ2n) is 5.13. The second kappa shape index (κ2) is 6.55. The predicted octanol–water partition coefficient (Wildman–Crippen LogP) is 2.35. The van der Waals surface area contributed by atoms with E-state index >= 15 is 0 Å².